The summed E-state index contributed by atoms with van der Waals surface area (Å²) in [6.07, 6.45) is 0. The minimum absolute atomic E-state index is 0.490. The Hall–Kier alpha value is -7.73. The molecule has 2 nitrogen and oxygen atoms in total. The molecular formula is C57H36N2. The van der Waals surface area contributed by atoms with Crippen LogP contribution in [0.4, 0.5) is 17.1 Å². The van der Waals surface area contributed by atoms with Gasteiger partial charge in [0.15, 0.2) is 0 Å². The minimum Gasteiger partial charge on any atom is -0.310 e. The molecule has 59 heavy (non-hydrogen) atoms. The van der Waals surface area contributed by atoms with E-state index in [1.807, 2.05) is 12.1 Å². The highest BCUT2D eigenvalue weighted by atomic mass is 15.1. The van der Waals surface area contributed by atoms with E-state index in [4.69, 9.17) is 0 Å². The van der Waals surface area contributed by atoms with E-state index >= 15 is 0 Å². The van der Waals surface area contributed by atoms with Gasteiger partial charge in [-0.25, -0.2) is 0 Å². The molecule has 0 saturated carbocycles. The Morgan fingerprint density at radius 2 is 0.814 bits per heavy atom. The Kier molecular flexibility index (Phi) is 7.16. The predicted molar refractivity (Wildman–Crippen MR) is 239 cm³/mol. The van der Waals surface area contributed by atoms with Gasteiger partial charge in [0.05, 0.1) is 22.5 Å². The molecule has 0 fully saturated rings. The van der Waals surface area contributed by atoms with Crippen LogP contribution in [0.2, 0.25) is 0 Å². The molecule has 2 unspecified atom stereocenters. The van der Waals surface area contributed by atoms with Gasteiger partial charge in [-0.05, 0) is 126 Å². The zero-order chi connectivity index (χ0) is 39.1. The molecule has 0 radical (unpaired) electrons. The lowest BCUT2D eigenvalue weighted by Crippen LogP contribution is -2.43. The zero-order valence-corrected chi connectivity index (χ0v) is 32.2. The predicted octanol–water partition coefficient (Wildman–Crippen LogP) is 13.7. The van der Waals surface area contributed by atoms with E-state index in [1.165, 1.54) is 72.3 Å². The number of nitrogens with zero attached hydrogens (tertiary/aromatic N) is 2. The Morgan fingerprint density at radius 3 is 1.49 bits per heavy atom. The normalized spacial score (nSPS) is 17.3. The summed E-state index contributed by atoms with van der Waals surface area (Å²) in [5, 5.41) is 9.76. The Bertz CT molecular complexity index is 3160. The topological polar surface area (TPSA) is 27.0 Å². The third-order valence-corrected chi connectivity index (χ3v) is 13.2. The fourth-order valence-corrected chi connectivity index (χ4v) is 10.9. The third kappa shape index (κ3) is 4.45. The van der Waals surface area contributed by atoms with Crippen LogP contribution >= 0.6 is 0 Å². The second kappa shape index (κ2) is 12.6. The van der Waals surface area contributed by atoms with Crippen molar-refractivity contribution >= 4 is 17.1 Å². The van der Waals surface area contributed by atoms with Gasteiger partial charge in [0.2, 0.25) is 0 Å². The largest absolute Gasteiger partial charge is 0.310 e. The van der Waals surface area contributed by atoms with Crippen LogP contribution in [0.1, 0.15) is 50.1 Å². The van der Waals surface area contributed by atoms with Crippen molar-refractivity contribution in [3.05, 3.63) is 268 Å². The molecule has 9 aromatic rings. The van der Waals surface area contributed by atoms with Crippen molar-refractivity contribution in [3.8, 4) is 39.4 Å². The Morgan fingerprint density at radius 1 is 0.339 bits per heavy atom. The van der Waals surface area contributed by atoms with Gasteiger partial charge in [0.25, 0.3) is 0 Å². The summed E-state index contributed by atoms with van der Waals surface area (Å²) < 4.78 is 0. The second-order valence-electron chi connectivity index (χ2n) is 15.9. The highest BCUT2D eigenvalue weighted by Gasteiger charge is 2.59. The molecule has 0 saturated heterocycles. The summed E-state index contributed by atoms with van der Waals surface area (Å²) in [5.41, 5.74) is 20.6. The molecule has 0 aliphatic heterocycles. The molecule has 3 aliphatic rings. The van der Waals surface area contributed by atoms with Crippen molar-refractivity contribution in [3.63, 3.8) is 0 Å². The average Bonchev–Trinajstić information content (AvgIpc) is 3.78. The zero-order valence-electron chi connectivity index (χ0n) is 32.2. The number of nitriles is 1. The molecular weight excluding hydrogens is 713 g/mol. The molecule has 0 N–H and O–H groups in total. The van der Waals surface area contributed by atoms with Crippen LogP contribution in [-0.4, -0.2) is 0 Å². The molecule has 3 aliphatic carbocycles. The van der Waals surface area contributed by atoms with E-state index in [-0.39, 0.29) is 0 Å². The first-order valence-electron chi connectivity index (χ1n) is 20.3. The molecule has 0 bridgehead atoms. The Balaban J connectivity index is 1.16. The first-order valence-corrected chi connectivity index (χ1v) is 20.3. The quantitative estimate of drug-likeness (QED) is 0.175. The number of benzene rings is 9. The molecule has 0 heterocycles. The highest BCUT2D eigenvalue weighted by molar-refractivity contribution is 5.96. The lowest BCUT2D eigenvalue weighted by Gasteiger charge is -2.48. The summed E-state index contributed by atoms with van der Waals surface area (Å²) in [6.45, 7) is 0. The molecule has 12 rings (SSSR count). The monoisotopic (exact) mass is 748 g/mol. The van der Waals surface area contributed by atoms with Crippen LogP contribution in [0.15, 0.2) is 218 Å². The van der Waals surface area contributed by atoms with Crippen molar-refractivity contribution in [2.24, 2.45) is 0 Å². The molecule has 1 spiro atoms. The standard InChI is InChI=1S/C57H36N2/c58-37-38-26-30-42(31-27-38)59(43-32-28-40(29-33-43)39-14-3-1-4-15-39)44-34-35-47-45-18-7-10-22-50(45)57(54(47)36-44)52-24-12-11-23-51(52)56(41-16-5-2-6-17-41)49-21-9-8-19-46(49)48-20-13-25-53(57)55(48)56/h1-36H. The van der Waals surface area contributed by atoms with E-state index in [1.54, 1.807) is 0 Å². The lowest BCUT2D eigenvalue weighted by molar-refractivity contribution is 0.636. The van der Waals surface area contributed by atoms with Gasteiger partial charge in [-0.3, -0.25) is 0 Å². The van der Waals surface area contributed by atoms with Gasteiger partial charge in [-0.1, -0.05) is 170 Å². The molecule has 274 valence electrons. The Labute approximate surface area is 344 Å². The van der Waals surface area contributed by atoms with Gasteiger partial charge in [0, 0.05) is 17.1 Å². The van der Waals surface area contributed by atoms with Crippen LogP contribution < -0.4 is 4.90 Å². The lowest BCUT2D eigenvalue weighted by atomic mass is 9.52. The number of hydrogen-bond acceptors (Lipinski definition) is 2. The summed E-state index contributed by atoms with van der Waals surface area (Å²) in [5.74, 6) is 0. The summed E-state index contributed by atoms with van der Waals surface area (Å²) >= 11 is 0. The molecule has 2 heteroatoms. The average molecular weight is 749 g/mol. The summed E-state index contributed by atoms with van der Waals surface area (Å²) in [6, 6.07) is 82.3. The maximum absolute atomic E-state index is 9.76. The van der Waals surface area contributed by atoms with Gasteiger partial charge < -0.3 is 4.90 Å². The second-order valence-corrected chi connectivity index (χ2v) is 15.9. The molecule has 2 atom stereocenters. The van der Waals surface area contributed by atoms with E-state index in [9.17, 15) is 5.26 Å². The fourth-order valence-electron chi connectivity index (χ4n) is 10.9. The van der Waals surface area contributed by atoms with Gasteiger partial charge in [-0.15, -0.1) is 0 Å². The number of anilines is 3. The smallest absolute Gasteiger partial charge is 0.0991 e. The molecule has 9 aromatic carbocycles. The number of rotatable bonds is 5. The van der Waals surface area contributed by atoms with Crippen molar-refractivity contribution < 1.29 is 0 Å². The fraction of sp³-hybridized carbons (Fsp3) is 0.0351. The van der Waals surface area contributed by atoms with Crippen LogP contribution in [0.25, 0.3) is 33.4 Å². The number of fused-ring (bicyclic) bond motifs is 12. The highest BCUT2D eigenvalue weighted by Crippen LogP contribution is 2.68. The maximum atomic E-state index is 9.76. The van der Waals surface area contributed by atoms with Crippen LogP contribution in [0.3, 0.4) is 0 Å². The molecule has 0 aromatic heterocycles. The minimum atomic E-state index is -0.600. The van der Waals surface area contributed by atoms with Crippen LogP contribution in [0.5, 0.6) is 0 Å². The van der Waals surface area contributed by atoms with Crippen molar-refractivity contribution in [2.45, 2.75) is 10.8 Å². The molecule has 0 amide bonds. The van der Waals surface area contributed by atoms with Crippen molar-refractivity contribution in [1.29, 1.82) is 5.26 Å². The van der Waals surface area contributed by atoms with E-state index in [0.717, 1.165) is 22.6 Å². The van der Waals surface area contributed by atoms with Gasteiger partial charge in [-0.2, -0.15) is 5.26 Å². The summed E-state index contributed by atoms with van der Waals surface area (Å²) in [7, 11) is 0. The number of hydrogen-bond donors (Lipinski definition) is 0. The first-order chi connectivity index (χ1) is 29.2. The van der Waals surface area contributed by atoms with Crippen molar-refractivity contribution in [2.75, 3.05) is 4.90 Å². The van der Waals surface area contributed by atoms with E-state index in [2.05, 4.69) is 217 Å². The summed E-state index contributed by atoms with van der Waals surface area (Å²) in [4.78, 5) is 2.33. The van der Waals surface area contributed by atoms with Crippen LogP contribution in [0, 0.1) is 11.3 Å². The van der Waals surface area contributed by atoms with E-state index in [0.29, 0.717) is 5.56 Å². The maximum Gasteiger partial charge on any atom is 0.0991 e. The van der Waals surface area contributed by atoms with Crippen molar-refractivity contribution in [1.82, 2.24) is 0 Å². The first kappa shape index (κ1) is 33.4. The third-order valence-electron chi connectivity index (χ3n) is 13.2. The van der Waals surface area contributed by atoms with E-state index < -0.39 is 10.8 Å². The van der Waals surface area contributed by atoms with Gasteiger partial charge in [0.1, 0.15) is 0 Å². The van der Waals surface area contributed by atoms with Gasteiger partial charge >= 0.3 is 0 Å². The SMILES string of the molecule is N#Cc1ccc(N(c2ccc(-c3ccccc3)cc2)c2ccc3c(c2)C2(c4ccccc4-3)c3ccccc3C3(c4ccccc4)c4ccccc4-c4cccc2c43)cc1. The van der Waals surface area contributed by atoms with Crippen LogP contribution in [-0.2, 0) is 10.8 Å².